The molecule has 0 bridgehead atoms. The number of carbonyl (C=O) groups excluding carboxylic acids is 1. The van der Waals surface area contributed by atoms with Gasteiger partial charge in [0, 0.05) is 0 Å². The van der Waals surface area contributed by atoms with Crippen LogP contribution in [-0.2, 0) is 10.3 Å². The Hall–Kier alpha value is -1.76. The number of aromatic hydroxyl groups is 1. The van der Waals surface area contributed by atoms with E-state index in [1.54, 1.807) is 0 Å². The predicted molar refractivity (Wildman–Crippen MR) is 58.7 cm³/mol. The molecular weight excluding hydrogens is 249 g/mol. The number of primary amides is 1. The minimum atomic E-state index is -4.46. The number of hydrogen-bond donors (Lipinski definition) is 3. The van der Waals surface area contributed by atoms with Crippen LogP contribution in [0.15, 0.2) is 24.3 Å². The van der Waals surface area contributed by atoms with Gasteiger partial charge in [-0.15, -0.1) is 0 Å². The molecule has 0 fully saturated rings. The van der Waals surface area contributed by atoms with E-state index in [0.29, 0.717) is 0 Å². The molecule has 1 atom stereocenters. The highest BCUT2D eigenvalue weighted by Crippen LogP contribution is 2.25. The smallest absolute Gasteiger partial charge is 0.401 e. The second-order valence-electron chi connectivity index (χ2n) is 4.01. The van der Waals surface area contributed by atoms with Gasteiger partial charge in [-0.2, -0.15) is 13.2 Å². The topological polar surface area (TPSA) is 75.3 Å². The van der Waals surface area contributed by atoms with E-state index in [-0.39, 0.29) is 11.3 Å². The van der Waals surface area contributed by atoms with E-state index in [9.17, 15) is 23.1 Å². The molecular formula is C11H13F3N2O2. The number of hydrogen-bond acceptors (Lipinski definition) is 3. The molecule has 0 aliphatic carbocycles. The summed E-state index contributed by atoms with van der Waals surface area (Å²) in [5.74, 6) is -1.12. The van der Waals surface area contributed by atoms with Crippen LogP contribution in [0.4, 0.5) is 13.2 Å². The van der Waals surface area contributed by atoms with Crippen molar-refractivity contribution in [3.63, 3.8) is 0 Å². The molecule has 4 nitrogen and oxygen atoms in total. The van der Waals surface area contributed by atoms with E-state index < -0.39 is 24.2 Å². The zero-order valence-electron chi connectivity index (χ0n) is 9.58. The summed E-state index contributed by atoms with van der Waals surface area (Å²) < 4.78 is 36.5. The van der Waals surface area contributed by atoms with Crippen molar-refractivity contribution in [1.82, 2.24) is 5.32 Å². The first-order valence-electron chi connectivity index (χ1n) is 5.06. The molecule has 4 N–H and O–H groups in total. The minimum Gasteiger partial charge on any atom is -0.508 e. The predicted octanol–water partition coefficient (Wildman–Crippen LogP) is 1.24. The fourth-order valence-electron chi connectivity index (χ4n) is 1.43. The highest BCUT2D eigenvalue weighted by atomic mass is 19.4. The third-order valence-electron chi connectivity index (χ3n) is 2.56. The van der Waals surface area contributed by atoms with E-state index >= 15 is 0 Å². The third kappa shape index (κ3) is 3.36. The molecule has 0 aliphatic heterocycles. The van der Waals surface area contributed by atoms with E-state index in [2.05, 4.69) is 5.32 Å². The van der Waals surface area contributed by atoms with Gasteiger partial charge in [0.2, 0.25) is 5.91 Å². The Labute approximate surface area is 102 Å². The van der Waals surface area contributed by atoms with Crippen molar-refractivity contribution in [1.29, 1.82) is 0 Å². The summed E-state index contributed by atoms with van der Waals surface area (Å²) in [6.07, 6.45) is -4.46. The van der Waals surface area contributed by atoms with Crippen LogP contribution in [-0.4, -0.2) is 23.7 Å². The minimum absolute atomic E-state index is 0.159. The van der Waals surface area contributed by atoms with Crippen molar-refractivity contribution in [3.8, 4) is 5.75 Å². The molecule has 0 saturated heterocycles. The molecule has 1 rings (SSSR count). The number of phenols is 1. The van der Waals surface area contributed by atoms with E-state index in [1.807, 2.05) is 0 Å². The number of benzene rings is 1. The van der Waals surface area contributed by atoms with Gasteiger partial charge in [-0.05, 0) is 24.6 Å². The van der Waals surface area contributed by atoms with Crippen molar-refractivity contribution in [2.45, 2.75) is 18.6 Å². The molecule has 0 saturated carbocycles. The Bertz CT molecular complexity index is 448. The lowest BCUT2D eigenvalue weighted by molar-refractivity contribution is -0.135. The maximum atomic E-state index is 12.2. The summed E-state index contributed by atoms with van der Waals surface area (Å²) in [6.45, 7) is -0.127. The SMILES string of the molecule is CC(NCC(F)(F)F)(C(N)=O)c1cccc(O)c1. The number of halogens is 3. The van der Waals surface area contributed by atoms with Crippen LogP contribution in [0.3, 0.4) is 0 Å². The Morgan fingerprint density at radius 1 is 1.44 bits per heavy atom. The lowest BCUT2D eigenvalue weighted by Gasteiger charge is -2.28. The van der Waals surface area contributed by atoms with Crippen LogP contribution in [0.1, 0.15) is 12.5 Å². The fourth-order valence-corrected chi connectivity index (χ4v) is 1.43. The largest absolute Gasteiger partial charge is 0.508 e. The Morgan fingerprint density at radius 2 is 2.06 bits per heavy atom. The second kappa shape index (κ2) is 4.85. The van der Waals surface area contributed by atoms with Crippen LogP contribution in [0.2, 0.25) is 0 Å². The van der Waals surface area contributed by atoms with Crippen molar-refractivity contribution in [3.05, 3.63) is 29.8 Å². The van der Waals surface area contributed by atoms with Crippen LogP contribution in [0.25, 0.3) is 0 Å². The molecule has 0 aromatic heterocycles. The molecule has 1 unspecified atom stereocenters. The number of amides is 1. The normalized spacial score (nSPS) is 15.1. The van der Waals surface area contributed by atoms with Gasteiger partial charge in [0.05, 0.1) is 6.54 Å². The molecule has 0 aliphatic rings. The number of nitrogens with one attached hydrogen (secondary N) is 1. The summed E-state index contributed by atoms with van der Waals surface area (Å²) in [6, 6.07) is 5.36. The molecule has 0 heterocycles. The average molecular weight is 262 g/mol. The van der Waals surface area contributed by atoms with Crippen molar-refractivity contribution in [2.75, 3.05) is 6.54 Å². The lowest BCUT2D eigenvalue weighted by Crippen LogP contribution is -2.53. The summed E-state index contributed by atoms with van der Waals surface area (Å²) in [7, 11) is 0. The average Bonchev–Trinajstić information content (AvgIpc) is 2.24. The maximum absolute atomic E-state index is 12.2. The van der Waals surface area contributed by atoms with Crippen LogP contribution < -0.4 is 11.1 Å². The van der Waals surface area contributed by atoms with Gasteiger partial charge in [-0.25, -0.2) is 0 Å². The van der Waals surface area contributed by atoms with E-state index in [1.165, 1.54) is 31.2 Å². The molecule has 1 aromatic rings. The van der Waals surface area contributed by atoms with Gasteiger partial charge in [-0.1, -0.05) is 12.1 Å². The number of phenolic OH excluding ortho intramolecular Hbond substituents is 1. The van der Waals surface area contributed by atoms with Crippen molar-refractivity contribution >= 4 is 5.91 Å². The molecule has 1 amide bonds. The number of rotatable bonds is 4. The van der Waals surface area contributed by atoms with Crippen molar-refractivity contribution in [2.24, 2.45) is 5.73 Å². The standard InChI is InChI=1S/C11H13F3N2O2/c1-10(9(15)18,16-6-11(12,13)14)7-3-2-4-8(17)5-7/h2-5,16-17H,6H2,1H3,(H2,15,18). The zero-order chi connectivity index (χ0) is 14.0. The summed E-state index contributed by atoms with van der Waals surface area (Å²) in [5, 5.41) is 11.4. The van der Waals surface area contributed by atoms with Gasteiger partial charge in [0.1, 0.15) is 11.3 Å². The van der Waals surface area contributed by atoms with Gasteiger partial charge < -0.3 is 10.8 Å². The summed E-state index contributed by atoms with van der Waals surface area (Å²) in [4.78, 5) is 11.4. The molecule has 18 heavy (non-hydrogen) atoms. The fraction of sp³-hybridized carbons (Fsp3) is 0.364. The highest BCUT2D eigenvalue weighted by molar-refractivity contribution is 5.85. The van der Waals surface area contributed by atoms with E-state index in [4.69, 9.17) is 5.73 Å². The third-order valence-corrected chi connectivity index (χ3v) is 2.56. The number of nitrogens with two attached hydrogens (primary N) is 1. The molecule has 0 spiro atoms. The summed E-state index contributed by atoms with van der Waals surface area (Å²) >= 11 is 0. The second-order valence-corrected chi connectivity index (χ2v) is 4.01. The van der Waals surface area contributed by atoms with Crippen LogP contribution >= 0.6 is 0 Å². The first-order valence-corrected chi connectivity index (χ1v) is 5.06. The first-order chi connectivity index (χ1) is 8.15. The highest BCUT2D eigenvalue weighted by Gasteiger charge is 2.38. The monoisotopic (exact) mass is 262 g/mol. The molecule has 100 valence electrons. The van der Waals surface area contributed by atoms with Crippen LogP contribution in [0.5, 0.6) is 5.75 Å². The quantitative estimate of drug-likeness (QED) is 0.764. The van der Waals surface area contributed by atoms with Gasteiger partial charge in [0.15, 0.2) is 0 Å². The Balaban J connectivity index is 3.04. The Kier molecular flexibility index (Phi) is 3.85. The van der Waals surface area contributed by atoms with Gasteiger partial charge in [0.25, 0.3) is 0 Å². The molecule has 0 radical (unpaired) electrons. The van der Waals surface area contributed by atoms with Crippen molar-refractivity contribution < 1.29 is 23.1 Å². The number of alkyl halides is 3. The number of carbonyl (C=O) groups is 1. The van der Waals surface area contributed by atoms with Gasteiger partial charge >= 0.3 is 6.18 Å². The molecule has 7 heteroatoms. The van der Waals surface area contributed by atoms with Crippen LogP contribution in [0, 0.1) is 0 Å². The zero-order valence-corrected chi connectivity index (χ0v) is 9.58. The Morgan fingerprint density at radius 3 is 2.50 bits per heavy atom. The summed E-state index contributed by atoms with van der Waals surface area (Å²) in [5.41, 5.74) is 3.60. The molecule has 1 aromatic carbocycles. The maximum Gasteiger partial charge on any atom is 0.401 e. The van der Waals surface area contributed by atoms with E-state index in [0.717, 1.165) is 0 Å². The van der Waals surface area contributed by atoms with Gasteiger partial charge in [-0.3, -0.25) is 10.1 Å². The lowest BCUT2D eigenvalue weighted by atomic mass is 9.91. The first kappa shape index (κ1) is 14.3.